The van der Waals surface area contributed by atoms with E-state index < -0.39 is 5.82 Å². The smallest absolute Gasteiger partial charge is 0.179 e. The quantitative estimate of drug-likeness (QED) is 0.472. The summed E-state index contributed by atoms with van der Waals surface area (Å²) in [6.07, 6.45) is 6.55. The molecule has 2 N–H and O–H groups in total. The summed E-state index contributed by atoms with van der Waals surface area (Å²) >= 11 is 6.54. The average Bonchev–Trinajstić information content (AvgIpc) is 2.84. The van der Waals surface area contributed by atoms with Crippen molar-refractivity contribution in [3.63, 3.8) is 0 Å². The van der Waals surface area contributed by atoms with Crippen molar-refractivity contribution in [3.8, 4) is 17.2 Å². The number of fused-ring (bicyclic) bond motifs is 2. The molecule has 2 aromatic heterocycles. The van der Waals surface area contributed by atoms with Crippen LogP contribution in [0.2, 0.25) is 5.02 Å². The number of ether oxygens (including phenoxy) is 3. The summed E-state index contributed by atoms with van der Waals surface area (Å²) in [6, 6.07) is 5.37. The molecule has 196 valence electrons. The number of nitrogens with zero attached hydrogens (tertiary/aromatic N) is 3. The molecule has 2 aliphatic heterocycles. The summed E-state index contributed by atoms with van der Waals surface area (Å²) in [5.41, 5.74) is 8.79. The van der Waals surface area contributed by atoms with Crippen molar-refractivity contribution in [2.45, 2.75) is 37.8 Å². The number of likely N-dealkylation sites (tertiary alicyclic amines) is 1. The van der Waals surface area contributed by atoms with Crippen LogP contribution in [0.5, 0.6) is 17.2 Å². The minimum Gasteiger partial charge on any atom is -0.493 e. The Hall–Kier alpha value is -2.10. The van der Waals surface area contributed by atoms with Gasteiger partial charge in [0.1, 0.15) is 13.2 Å². The van der Waals surface area contributed by atoms with Gasteiger partial charge in [0, 0.05) is 43.0 Å². The lowest BCUT2D eigenvalue weighted by Crippen LogP contribution is -2.48. The predicted octanol–water partition coefficient (Wildman–Crippen LogP) is 4.62. The van der Waals surface area contributed by atoms with Crippen molar-refractivity contribution in [1.29, 1.82) is 0 Å². The first-order valence-electron chi connectivity index (χ1n) is 11.6. The van der Waals surface area contributed by atoms with Crippen LogP contribution in [0.15, 0.2) is 30.6 Å². The Balaban J connectivity index is 0.00000180. The fraction of sp³-hybridized carbons (Fsp3) is 0.440. The molecule has 0 spiro atoms. The summed E-state index contributed by atoms with van der Waals surface area (Å²) in [6.45, 7) is 2.71. The third kappa shape index (κ3) is 5.89. The largest absolute Gasteiger partial charge is 0.493 e. The van der Waals surface area contributed by atoms with E-state index in [2.05, 4.69) is 14.9 Å². The molecule has 2 atom stereocenters. The monoisotopic (exact) mass is 558 g/mol. The van der Waals surface area contributed by atoms with E-state index in [1.165, 1.54) is 13.2 Å². The Labute approximate surface area is 227 Å². The molecule has 1 saturated heterocycles. The number of nitrogens with two attached hydrogens (primary N) is 1. The number of piperidine rings is 1. The molecule has 0 aliphatic carbocycles. The zero-order valence-corrected chi connectivity index (χ0v) is 22.3. The third-order valence-electron chi connectivity index (χ3n) is 6.66. The second kappa shape index (κ2) is 12.4. The number of halogens is 4. The van der Waals surface area contributed by atoms with Crippen molar-refractivity contribution >= 4 is 47.3 Å². The van der Waals surface area contributed by atoms with E-state index in [0.717, 1.165) is 49.4 Å². The van der Waals surface area contributed by atoms with Gasteiger partial charge in [-0.2, -0.15) is 0 Å². The Morgan fingerprint density at radius 3 is 2.72 bits per heavy atom. The Kier molecular flexibility index (Phi) is 9.83. The molecular formula is C25H30Cl3FN4O3. The fourth-order valence-corrected chi connectivity index (χ4v) is 5.19. The first-order chi connectivity index (χ1) is 16.5. The van der Waals surface area contributed by atoms with Gasteiger partial charge < -0.3 is 19.9 Å². The lowest BCUT2D eigenvalue weighted by molar-refractivity contribution is 0.135. The molecule has 5 rings (SSSR count). The van der Waals surface area contributed by atoms with Gasteiger partial charge in [-0.1, -0.05) is 11.6 Å². The van der Waals surface area contributed by atoms with E-state index >= 15 is 0 Å². The van der Waals surface area contributed by atoms with Gasteiger partial charge in [0.2, 0.25) is 0 Å². The van der Waals surface area contributed by atoms with Gasteiger partial charge >= 0.3 is 0 Å². The maximum Gasteiger partial charge on any atom is 0.179 e. The number of hydrogen-bond donors (Lipinski definition) is 1. The molecule has 4 heterocycles. The Morgan fingerprint density at radius 1 is 1.17 bits per heavy atom. The second-order valence-electron chi connectivity index (χ2n) is 8.81. The summed E-state index contributed by atoms with van der Waals surface area (Å²) in [7, 11) is 1.46. The van der Waals surface area contributed by atoms with Gasteiger partial charge in [-0.05, 0) is 43.5 Å². The zero-order chi connectivity index (χ0) is 23.7. The average molecular weight is 560 g/mol. The Bertz CT molecular complexity index is 1200. The van der Waals surface area contributed by atoms with Gasteiger partial charge in [0.25, 0.3) is 0 Å². The van der Waals surface area contributed by atoms with E-state index in [1.807, 2.05) is 6.07 Å². The van der Waals surface area contributed by atoms with E-state index in [4.69, 9.17) is 31.5 Å². The standard InChI is InChI=1S/C25H28ClFN4O3.2ClH/c1-32-25-20(27)2-3-21-24(25)18(19(26)13-30-21)5-7-31-6-4-15(28)10-17(31)11-16-12-22-23(14-29-16)34-9-8-33-22;;/h2-3,12-15,17H,4-11,28H2,1H3;2*1H. The van der Waals surface area contributed by atoms with Crippen LogP contribution >= 0.6 is 36.4 Å². The molecule has 0 bridgehead atoms. The second-order valence-corrected chi connectivity index (χ2v) is 9.21. The van der Waals surface area contributed by atoms with Crippen molar-refractivity contribution in [3.05, 3.63) is 52.7 Å². The minimum atomic E-state index is -0.424. The number of pyridine rings is 2. The highest BCUT2D eigenvalue weighted by Gasteiger charge is 2.28. The molecule has 0 saturated carbocycles. The van der Waals surface area contributed by atoms with Gasteiger partial charge in [-0.3, -0.25) is 14.9 Å². The van der Waals surface area contributed by atoms with E-state index in [9.17, 15) is 4.39 Å². The number of hydrogen-bond acceptors (Lipinski definition) is 7. The molecule has 2 aliphatic rings. The summed E-state index contributed by atoms with van der Waals surface area (Å²) in [5.74, 6) is 1.19. The Morgan fingerprint density at radius 2 is 1.94 bits per heavy atom. The molecular weight excluding hydrogens is 530 g/mol. The summed E-state index contributed by atoms with van der Waals surface area (Å²) in [5, 5.41) is 1.14. The molecule has 36 heavy (non-hydrogen) atoms. The highest BCUT2D eigenvalue weighted by molar-refractivity contribution is 6.32. The third-order valence-corrected chi connectivity index (χ3v) is 6.98. The molecule has 3 aromatic rings. The van der Waals surface area contributed by atoms with Gasteiger partial charge in [-0.15, -0.1) is 24.8 Å². The highest BCUT2D eigenvalue weighted by atomic mass is 35.5. The van der Waals surface area contributed by atoms with Crippen LogP contribution in [0.4, 0.5) is 4.39 Å². The van der Waals surface area contributed by atoms with Crippen LogP contribution in [0.1, 0.15) is 24.1 Å². The van der Waals surface area contributed by atoms with Crippen LogP contribution in [0.25, 0.3) is 10.9 Å². The fourth-order valence-electron chi connectivity index (χ4n) is 4.95. The molecule has 7 nitrogen and oxygen atoms in total. The lowest BCUT2D eigenvalue weighted by atomic mass is 9.93. The van der Waals surface area contributed by atoms with Crippen molar-refractivity contribution in [1.82, 2.24) is 14.9 Å². The van der Waals surface area contributed by atoms with Gasteiger partial charge in [-0.25, -0.2) is 4.39 Å². The summed E-state index contributed by atoms with van der Waals surface area (Å²) < 4.78 is 31.1. The number of benzene rings is 1. The minimum absolute atomic E-state index is 0. The first kappa shape index (κ1) is 28.5. The summed E-state index contributed by atoms with van der Waals surface area (Å²) in [4.78, 5) is 11.4. The molecule has 2 unspecified atom stereocenters. The van der Waals surface area contributed by atoms with Crippen LogP contribution in [-0.2, 0) is 12.8 Å². The van der Waals surface area contributed by atoms with Gasteiger partial charge in [0.15, 0.2) is 23.1 Å². The topological polar surface area (TPSA) is 82.7 Å². The van der Waals surface area contributed by atoms with E-state index in [1.54, 1.807) is 18.5 Å². The zero-order valence-electron chi connectivity index (χ0n) is 19.9. The normalized spacial score (nSPS) is 19.3. The number of aromatic nitrogens is 2. The van der Waals surface area contributed by atoms with Crippen LogP contribution in [0.3, 0.4) is 0 Å². The van der Waals surface area contributed by atoms with Crippen LogP contribution in [-0.4, -0.2) is 60.4 Å². The number of rotatable bonds is 6. The van der Waals surface area contributed by atoms with Crippen LogP contribution < -0.4 is 19.9 Å². The highest BCUT2D eigenvalue weighted by Crippen LogP contribution is 2.35. The van der Waals surface area contributed by atoms with Crippen molar-refractivity contribution in [2.75, 3.05) is 33.4 Å². The first-order valence-corrected chi connectivity index (χ1v) is 11.9. The molecule has 1 aromatic carbocycles. The maximum absolute atomic E-state index is 14.4. The van der Waals surface area contributed by atoms with E-state index in [-0.39, 0.29) is 42.6 Å². The predicted molar refractivity (Wildman–Crippen MR) is 143 cm³/mol. The SMILES string of the molecule is COc1c(F)ccc2ncc(Cl)c(CCN3CCC(N)CC3Cc3cc4c(cn3)OCCO4)c12.Cl.Cl. The number of methoxy groups -OCH3 is 1. The van der Waals surface area contributed by atoms with E-state index in [0.29, 0.717) is 41.3 Å². The molecule has 1 fully saturated rings. The van der Waals surface area contributed by atoms with Crippen LogP contribution in [0, 0.1) is 5.82 Å². The molecule has 0 radical (unpaired) electrons. The molecule has 0 amide bonds. The lowest BCUT2D eigenvalue weighted by Gasteiger charge is -2.38. The van der Waals surface area contributed by atoms with Gasteiger partial charge in [0.05, 0.1) is 29.2 Å². The maximum atomic E-state index is 14.4. The van der Waals surface area contributed by atoms with Crippen molar-refractivity contribution in [2.24, 2.45) is 5.73 Å². The molecule has 11 heteroatoms. The van der Waals surface area contributed by atoms with Crippen molar-refractivity contribution < 1.29 is 18.6 Å².